The van der Waals surface area contributed by atoms with Gasteiger partial charge in [0.25, 0.3) is 5.91 Å². The van der Waals surface area contributed by atoms with Crippen molar-refractivity contribution >= 4 is 5.91 Å². The molecule has 1 saturated carbocycles. The van der Waals surface area contributed by atoms with Gasteiger partial charge in [0.15, 0.2) is 0 Å². The maximum Gasteiger partial charge on any atom is 0.251 e. The fraction of sp³-hybridized carbons (Fsp3) is 0.562. The molecule has 3 N–H and O–H groups in total. The van der Waals surface area contributed by atoms with Crippen molar-refractivity contribution in [2.45, 2.75) is 50.9 Å². The van der Waals surface area contributed by atoms with Crippen LogP contribution in [0.3, 0.4) is 0 Å². The van der Waals surface area contributed by atoms with Crippen LogP contribution < -0.4 is 11.1 Å². The van der Waals surface area contributed by atoms with E-state index in [1.165, 1.54) is 12.8 Å². The van der Waals surface area contributed by atoms with E-state index in [1.54, 1.807) is 0 Å². The van der Waals surface area contributed by atoms with Crippen LogP contribution in [0.2, 0.25) is 0 Å². The van der Waals surface area contributed by atoms with Crippen molar-refractivity contribution in [2.75, 3.05) is 6.54 Å². The molecule has 3 rings (SSSR count). The quantitative estimate of drug-likeness (QED) is 0.874. The topological polar surface area (TPSA) is 58.4 Å². The smallest absolute Gasteiger partial charge is 0.251 e. The second-order valence-corrected chi connectivity index (χ2v) is 6.08. The predicted molar refractivity (Wildman–Crippen MR) is 79.4 cm³/mol. The first kappa shape index (κ1) is 13.6. The minimum absolute atomic E-state index is 0.0309. The summed E-state index contributed by atoms with van der Waals surface area (Å²) in [5.41, 5.74) is 7.34. The number of amides is 1. The van der Waals surface area contributed by atoms with Crippen LogP contribution in [0.1, 0.15) is 42.1 Å². The number of benzene rings is 1. The molecule has 1 aromatic carbocycles. The van der Waals surface area contributed by atoms with Gasteiger partial charge in [-0.05, 0) is 43.9 Å². The van der Waals surface area contributed by atoms with Crippen LogP contribution in [0.25, 0.3) is 0 Å². The lowest BCUT2D eigenvalue weighted by Gasteiger charge is -2.19. The Bertz CT molecular complexity index is 481. The zero-order valence-corrected chi connectivity index (χ0v) is 12.0. The van der Waals surface area contributed by atoms with Gasteiger partial charge < -0.3 is 11.1 Å². The second kappa shape index (κ2) is 5.54. The van der Waals surface area contributed by atoms with Crippen LogP contribution in [-0.4, -0.2) is 35.5 Å². The monoisotopic (exact) mass is 273 g/mol. The summed E-state index contributed by atoms with van der Waals surface area (Å²) in [6.07, 6.45) is 3.71. The van der Waals surface area contributed by atoms with E-state index in [0.29, 0.717) is 12.6 Å². The Morgan fingerprint density at radius 3 is 2.65 bits per heavy atom. The molecule has 108 valence electrons. The maximum atomic E-state index is 12.2. The summed E-state index contributed by atoms with van der Waals surface area (Å²) in [5, 5.41) is 3.16. The summed E-state index contributed by atoms with van der Waals surface area (Å²) < 4.78 is 0. The van der Waals surface area contributed by atoms with Crippen molar-refractivity contribution in [1.82, 2.24) is 10.2 Å². The van der Waals surface area contributed by atoms with Crippen LogP contribution in [-0.2, 0) is 6.54 Å². The molecule has 1 heterocycles. The summed E-state index contributed by atoms with van der Waals surface area (Å²) in [4.78, 5) is 14.8. The van der Waals surface area contributed by atoms with Crippen molar-refractivity contribution in [1.29, 1.82) is 0 Å². The zero-order chi connectivity index (χ0) is 14.1. The van der Waals surface area contributed by atoms with E-state index in [2.05, 4.69) is 17.1 Å². The van der Waals surface area contributed by atoms with Gasteiger partial charge in [-0.15, -0.1) is 0 Å². The van der Waals surface area contributed by atoms with Crippen molar-refractivity contribution in [2.24, 2.45) is 5.73 Å². The van der Waals surface area contributed by atoms with E-state index in [9.17, 15) is 4.79 Å². The number of nitrogens with zero attached hydrogens (tertiary/aromatic N) is 1. The number of hydrogen-bond donors (Lipinski definition) is 2. The zero-order valence-electron chi connectivity index (χ0n) is 12.0. The standard InChI is InChI=1S/C16H23N3O/c1-11-8-14(10-19(11)15-6-7-15)18-16(20)13-4-2-12(9-17)3-5-13/h2-5,11,14-15H,6-10,17H2,1H3,(H,18,20)/t11-,14-/m1/s1. The van der Waals surface area contributed by atoms with E-state index in [-0.39, 0.29) is 11.9 Å². The Balaban J connectivity index is 1.58. The van der Waals surface area contributed by atoms with Gasteiger partial charge in [0.2, 0.25) is 0 Å². The largest absolute Gasteiger partial charge is 0.348 e. The third-order valence-corrected chi connectivity index (χ3v) is 4.43. The predicted octanol–water partition coefficient (Wildman–Crippen LogP) is 1.50. The molecule has 1 amide bonds. The average molecular weight is 273 g/mol. The number of nitrogens with two attached hydrogens (primary N) is 1. The Morgan fingerprint density at radius 2 is 2.05 bits per heavy atom. The molecule has 0 spiro atoms. The number of likely N-dealkylation sites (tertiary alicyclic amines) is 1. The lowest BCUT2D eigenvalue weighted by Crippen LogP contribution is -2.37. The van der Waals surface area contributed by atoms with E-state index in [4.69, 9.17) is 5.73 Å². The van der Waals surface area contributed by atoms with Crippen LogP contribution in [0.4, 0.5) is 0 Å². The molecule has 2 atom stereocenters. The number of rotatable bonds is 4. The molecule has 2 aliphatic rings. The summed E-state index contributed by atoms with van der Waals surface area (Å²) >= 11 is 0. The number of carbonyl (C=O) groups excluding carboxylic acids is 1. The Labute approximate surface area is 120 Å². The van der Waals surface area contributed by atoms with Gasteiger partial charge in [-0.1, -0.05) is 12.1 Å². The lowest BCUT2D eigenvalue weighted by atomic mass is 10.1. The summed E-state index contributed by atoms with van der Waals surface area (Å²) in [5.74, 6) is 0.0309. The average Bonchev–Trinajstić information content (AvgIpc) is 3.23. The van der Waals surface area contributed by atoms with Gasteiger partial charge in [0.1, 0.15) is 0 Å². The molecule has 1 aliphatic heterocycles. The molecule has 0 bridgehead atoms. The van der Waals surface area contributed by atoms with Crippen molar-refractivity contribution in [3.8, 4) is 0 Å². The van der Waals surface area contributed by atoms with Gasteiger partial charge in [-0.2, -0.15) is 0 Å². The molecule has 0 aromatic heterocycles. The summed E-state index contributed by atoms with van der Waals surface area (Å²) in [6, 6.07) is 9.20. The van der Waals surface area contributed by atoms with Crippen LogP contribution in [0.5, 0.6) is 0 Å². The minimum atomic E-state index is 0.0309. The lowest BCUT2D eigenvalue weighted by molar-refractivity contribution is 0.0937. The summed E-state index contributed by atoms with van der Waals surface area (Å²) in [7, 11) is 0. The first-order valence-corrected chi connectivity index (χ1v) is 7.53. The molecule has 1 saturated heterocycles. The number of nitrogens with one attached hydrogen (secondary N) is 1. The first-order valence-electron chi connectivity index (χ1n) is 7.53. The maximum absolute atomic E-state index is 12.2. The highest BCUT2D eigenvalue weighted by molar-refractivity contribution is 5.94. The van der Waals surface area contributed by atoms with E-state index in [0.717, 1.165) is 30.1 Å². The second-order valence-electron chi connectivity index (χ2n) is 6.08. The van der Waals surface area contributed by atoms with Gasteiger partial charge in [0.05, 0.1) is 0 Å². The summed E-state index contributed by atoms with van der Waals surface area (Å²) in [6.45, 7) is 3.78. The SMILES string of the molecule is C[C@@H]1C[C@@H](NC(=O)c2ccc(CN)cc2)CN1C1CC1. The number of hydrogen-bond acceptors (Lipinski definition) is 3. The molecule has 1 aliphatic carbocycles. The van der Waals surface area contributed by atoms with E-state index in [1.807, 2.05) is 24.3 Å². The molecule has 0 unspecified atom stereocenters. The molecule has 4 heteroatoms. The highest BCUT2D eigenvalue weighted by Crippen LogP contribution is 2.33. The Hall–Kier alpha value is -1.39. The highest BCUT2D eigenvalue weighted by atomic mass is 16.1. The fourth-order valence-corrected chi connectivity index (χ4v) is 3.14. The molecule has 2 fully saturated rings. The first-order chi connectivity index (χ1) is 9.67. The molecule has 20 heavy (non-hydrogen) atoms. The van der Waals surface area contributed by atoms with Crippen LogP contribution in [0.15, 0.2) is 24.3 Å². The highest BCUT2D eigenvalue weighted by Gasteiger charge is 2.39. The molecule has 1 aromatic rings. The molecular formula is C16H23N3O. The van der Waals surface area contributed by atoms with Crippen LogP contribution in [0, 0.1) is 0 Å². The van der Waals surface area contributed by atoms with Gasteiger partial charge in [-0.3, -0.25) is 9.69 Å². The van der Waals surface area contributed by atoms with Crippen molar-refractivity contribution < 1.29 is 4.79 Å². The third kappa shape index (κ3) is 2.86. The minimum Gasteiger partial charge on any atom is -0.348 e. The van der Waals surface area contributed by atoms with Crippen molar-refractivity contribution in [3.05, 3.63) is 35.4 Å². The van der Waals surface area contributed by atoms with Crippen LogP contribution >= 0.6 is 0 Å². The van der Waals surface area contributed by atoms with Crippen molar-refractivity contribution in [3.63, 3.8) is 0 Å². The third-order valence-electron chi connectivity index (χ3n) is 4.43. The van der Waals surface area contributed by atoms with Gasteiger partial charge in [0, 0.05) is 36.8 Å². The Kier molecular flexibility index (Phi) is 3.76. The van der Waals surface area contributed by atoms with E-state index >= 15 is 0 Å². The molecule has 4 nitrogen and oxygen atoms in total. The fourth-order valence-electron chi connectivity index (χ4n) is 3.14. The van der Waals surface area contributed by atoms with Gasteiger partial charge >= 0.3 is 0 Å². The number of carbonyl (C=O) groups is 1. The van der Waals surface area contributed by atoms with Gasteiger partial charge in [-0.25, -0.2) is 0 Å². The molecule has 0 radical (unpaired) electrons. The Morgan fingerprint density at radius 1 is 1.35 bits per heavy atom. The normalized spacial score (nSPS) is 26.7. The molecular weight excluding hydrogens is 250 g/mol. The van der Waals surface area contributed by atoms with E-state index < -0.39 is 0 Å².